The summed E-state index contributed by atoms with van der Waals surface area (Å²) in [6.07, 6.45) is 0. The molecule has 78 valence electrons. The van der Waals surface area contributed by atoms with Crippen LogP contribution >= 0.6 is 11.8 Å². The number of para-hydroxylation sites is 1. The molecule has 0 amide bonds. The molecule has 0 aromatic heterocycles. The van der Waals surface area contributed by atoms with Crippen molar-refractivity contribution in [3.05, 3.63) is 36.4 Å². The highest BCUT2D eigenvalue weighted by Crippen LogP contribution is 2.46. The van der Waals surface area contributed by atoms with E-state index in [1.54, 1.807) is 11.8 Å². The molecule has 0 aliphatic carbocycles. The second-order valence-electron chi connectivity index (χ2n) is 3.81. The number of fused-ring (bicyclic) bond motifs is 2. The molecule has 0 saturated heterocycles. The lowest BCUT2D eigenvalue weighted by Gasteiger charge is -2.21. The zero-order valence-electron chi connectivity index (χ0n) is 8.86. The van der Waals surface area contributed by atoms with Crippen molar-refractivity contribution in [3.63, 3.8) is 0 Å². The van der Waals surface area contributed by atoms with Crippen molar-refractivity contribution < 1.29 is 4.74 Å². The van der Waals surface area contributed by atoms with Gasteiger partial charge in [-0.3, -0.25) is 0 Å². The highest BCUT2D eigenvalue weighted by atomic mass is 32.2. The fourth-order valence-electron chi connectivity index (χ4n) is 1.75. The number of ether oxygens (including phenoxy) is 1. The number of nitrogens with two attached hydrogens (primary N) is 1. The highest BCUT2D eigenvalue weighted by Gasteiger charge is 2.18. The summed E-state index contributed by atoms with van der Waals surface area (Å²) < 4.78 is 5.89. The molecular weight excluding hydrogens is 217 g/mol. The second kappa shape index (κ2) is 3.49. The molecule has 0 spiro atoms. The van der Waals surface area contributed by atoms with E-state index >= 15 is 0 Å². The van der Waals surface area contributed by atoms with Gasteiger partial charge in [-0.05, 0) is 29.7 Å². The Morgan fingerprint density at radius 3 is 2.88 bits per heavy atom. The van der Waals surface area contributed by atoms with E-state index in [4.69, 9.17) is 10.5 Å². The summed E-state index contributed by atoms with van der Waals surface area (Å²) in [5.74, 6) is 1.85. The van der Waals surface area contributed by atoms with Gasteiger partial charge in [-0.1, -0.05) is 23.9 Å². The third-order valence-corrected chi connectivity index (χ3v) is 3.66. The summed E-state index contributed by atoms with van der Waals surface area (Å²) >= 11 is 1.71. The van der Waals surface area contributed by atoms with Crippen LogP contribution in [-0.4, -0.2) is 7.85 Å². The quantitative estimate of drug-likeness (QED) is 0.469. The first-order chi connectivity index (χ1) is 7.74. The summed E-state index contributed by atoms with van der Waals surface area (Å²) in [5, 5.41) is 0. The Morgan fingerprint density at radius 1 is 1.12 bits per heavy atom. The van der Waals surface area contributed by atoms with Crippen molar-refractivity contribution in [2.24, 2.45) is 0 Å². The molecule has 0 atom stereocenters. The molecule has 1 aliphatic rings. The molecule has 0 radical (unpaired) electrons. The van der Waals surface area contributed by atoms with Gasteiger partial charge in [0, 0.05) is 5.69 Å². The van der Waals surface area contributed by atoms with Gasteiger partial charge >= 0.3 is 0 Å². The third kappa shape index (κ3) is 1.46. The zero-order chi connectivity index (χ0) is 11.1. The lowest BCUT2D eigenvalue weighted by Crippen LogP contribution is -2.09. The Labute approximate surface area is 99.2 Å². The Morgan fingerprint density at radius 2 is 2.00 bits per heavy atom. The maximum atomic E-state index is 5.89. The minimum absolute atomic E-state index is 0.769. The van der Waals surface area contributed by atoms with Crippen LogP contribution in [0.5, 0.6) is 11.5 Å². The first-order valence-corrected chi connectivity index (χ1v) is 5.90. The molecule has 1 heterocycles. The number of nitrogen functional groups attached to an aromatic ring is 1. The number of hydrogen-bond donors (Lipinski definition) is 1. The van der Waals surface area contributed by atoms with Crippen LogP contribution in [0.25, 0.3) is 0 Å². The van der Waals surface area contributed by atoms with Gasteiger partial charge in [-0.25, -0.2) is 0 Å². The van der Waals surface area contributed by atoms with Gasteiger partial charge in [0.1, 0.15) is 19.3 Å². The molecule has 2 N–H and O–H groups in total. The van der Waals surface area contributed by atoms with E-state index < -0.39 is 0 Å². The number of rotatable bonds is 0. The van der Waals surface area contributed by atoms with Gasteiger partial charge in [0.05, 0.1) is 9.79 Å². The Bertz CT molecular complexity index is 571. The topological polar surface area (TPSA) is 35.2 Å². The van der Waals surface area contributed by atoms with Crippen LogP contribution in [0.4, 0.5) is 5.69 Å². The second-order valence-corrected chi connectivity index (χ2v) is 4.90. The predicted molar refractivity (Wildman–Crippen MR) is 69.7 cm³/mol. The van der Waals surface area contributed by atoms with Gasteiger partial charge < -0.3 is 10.5 Å². The van der Waals surface area contributed by atoms with E-state index in [1.165, 1.54) is 0 Å². The summed E-state index contributed by atoms with van der Waals surface area (Å²) in [5.41, 5.74) is 7.69. The molecule has 1 aliphatic heterocycles. The maximum Gasteiger partial charge on any atom is 0.144 e. The van der Waals surface area contributed by atoms with E-state index in [1.807, 2.05) is 24.3 Å². The van der Waals surface area contributed by atoms with Crippen molar-refractivity contribution in [1.82, 2.24) is 0 Å². The Balaban J connectivity index is 2.13. The summed E-state index contributed by atoms with van der Waals surface area (Å²) in [6, 6.07) is 11.9. The monoisotopic (exact) mass is 227 g/mol. The van der Waals surface area contributed by atoms with E-state index in [0.717, 1.165) is 32.4 Å². The lowest BCUT2D eigenvalue weighted by molar-refractivity contribution is 0.458. The van der Waals surface area contributed by atoms with Gasteiger partial charge in [0.15, 0.2) is 0 Å². The smallest absolute Gasteiger partial charge is 0.144 e. The molecule has 0 fully saturated rings. The molecule has 0 bridgehead atoms. The molecule has 0 unspecified atom stereocenters. The third-order valence-electron chi connectivity index (χ3n) is 2.58. The van der Waals surface area contributed by atoms with Crippen LogP contribution in [0, 0.1) is 0 Å². The molecule has 0 saturated carbocycles. The van der Waals surface area contributed by atoms with Gasteiger partial charge in [-0.2, -0.15) is 0 Å². The summed E-state index contributed by atoms with van der Waals surface area (Å²) in [4.78, 5) is 2.23. The molecule has 4 heteroatoms. The molecule has 2 aromatic carbocycles. The van der Waals surface area contributed by atoms with Crippen LogP contribution in [0.3, 0.4) is 0 Å². The molecular formula is C12H10BNOS. The molecule has 3 rings (SSSR count). The largest absolute Gasteiger partial charge is 0.456 e. The SMILES string of the molecule is Bc1cccc2c1Oc1ccc(N)cc1S2. The highest BCUT2D eigenvalue weighted by molar-refractivity contribution is 7.99. The molecule has 2 nitrogen and oxygen atoms in total. The predicted octanol–water partition coefficient (Wildman–Crippen LogP) is 1.78. The van der Waals surface area contributed by atoms with Crippen molar-refractivity contribution in [2.75, 3.05) is 5.73 Å². The fraction of sp³-hybridized carbons (Fsp3) is 0. The number of anilines is 1. The molecule has 16 heavy (non-hydrogen) atoms. The van der Waals surface area contributed by atoms with Crippen LogP contribution in [0.15, 0.2) is 46.2 Å². The normalized spacial score (nSPS) is 12.5. The van der Waals surface area contributed by atoms with Gasteiger partial charge in [0.25, 0.3) is 0 Å². The minimum atomic E-state index is 0.769. The molecule has 2 aromatic rings. The average molecular weight is 227 g/mol. The van der Waals surface area contributed by atoms with Gasteiger partial charge in [-0.15, -0.1) is 0 Å². The van der Waals surface area contributed by atoms with E-state index in [-0.39, 0.29) is 0 Å². The van der Waals surface area contributed by atoms with Crippen molar-refractivity contribution in [1.29, 1.82) is 0 Å². The Kier molecular flexibility index (Phi) is 2.11. The first-order valence-electron chi connectivity index (χ1n) is 5.09. The summed E-state index contributed by atoms with van der Waals surface area (Å²) in [6.45, 7) is 0. The standard InChI is InChI=1S/C12H10BNOS/c13-8-2-1-3-10-12(8)15-9-5-4-7(14)6-11(9)16-10/h1-6H,13-14H2. The Hall–Kier alpha value is -1.55. The maximum absolute atomic E-state index is 5.89. The fourth-order valence-corrected chi connectivity index (χ4v) is 2.84. The minimum Gasteiger partial charge on any atom is -0.456 e. The van der Waals surface area contributed by atoms with Crippen molar-refractivity contribution >= 4 is 30.8 Å². The van der Waals surface area contributed by atoms with E-state index in [2.05, 4.69) is 20.0 Å². The zero-order valence-corrected chi connectivity index (χ0v) is 9.67. The number of hydrogen-bond acceptors (Lipinski definition) is 3. The van der Waals surface area contributed by atoms with Crippen LogP contribution < -0.4 is 15.9 Å². The lowest BCUT2D eigenvalue weighted by atomic mass is 9.95. The number of benzene rings is 2. The van der Waals surface area contributed by atoms with E-state index in [9.17, 15) is 0 Å². The van der Waals surface area contributed by atoms with Gasteiger partial charge in [0.2, 0.25) is 0 Å². The summed E-state index contributed by atoms with van der Waals surface area (Å²) in [7, 11) is 2.06. The van der Waals surface area contributed by atoms with Crippen LogP contribution in [0.2, 0.25) is 0 Å². The first kappa shape index (κ1) is 9.66. The van der Waals surface area contributed by atoms with Crippen LogP contribution in [0.1, 0.15) is 0 Å². The van der Waals surface area contributed by atoms with Crippen molar-refractivity contribution in [3.8, 4) is 11.5 Å². The van der Waals surface area contributed by atoms with Crippen molar-refractivity contribution in [2.45, 2.75) is 9.79 Å². The average Bonchev–Trinajstić information content (AvgIpc) is 2.27. The van der Waals surface area contributed by atoms with Crippen LogP contribution in [-0.2, 0) is 0 Å². The van der Waals surface area contributed by atoms with E-state index in [0.29, 0.717) is 0 Å².